The number of furan rings is 2. The van der Waals surface area contributed by atoms with Crippen molar-refractivity contribution in [1.82, 2.24) is 0 Å². The lowest BCUT2D eigenvalue weighted by Crippen LogP contribution is -2.14. The van der Waals surface area contributed by atoms with E-state index in [9.17, 15) is 10.5 Å². The van der Waals surface area contributed by atoms with Crippen LogP contribution < -0.4 is 9.80 Å². The molecule has 0 unspecified atom stereocenters. The Kier molecular flexibility index (Phi) is 10.9. The molecule has 2 heterocycles. The molecule has 0 amide bonds. The van der Waals surface area contributed by atoms with Gasteiger partial charge in [0, 0.05) is 44.3 Å². The summed E-state index contributed by atoms with van der Waals surface area (Å²) in [6.45, 7) is 13.0. The lowest BCUT2D eigenvalue weighted by molar-refractivity contribution is 0.654. The van der Waals surface area contributed by atoms with E-state index in [4.69, 9.17) is 8.83 Å². The van der Waals surface area contributed by atoms with Crippen molar-refractivity contribution in [3.63, 3.8) is 0 Å². The van der Waals surface area contributed by atoms with Crippen LogP contribution in [0.2, 0.25) is 0 Å². The van der Waals surface area contributed by atoms with Crippen LogP contribution in [0.25, 0.3) is 87.7 Å². The zero-order chi connectivity index (χ0) is 51.9. The van der Waals surface area contributed by atoms with Crippen LogP contribution in [0.1, 0.15) is 44.5 Å². The molecule has 0 saturated heterocycles. The average molecular weight is 979 g/mol. The molecule has 13 aromatic rings. The van der Waals surface area contributed by atoms with Crippen LogP contribution in [0.3, 0.4) is 0 Å². The minimum atomic E-state index is 0.260. The smallest absolute Gasteiger partial charge is 0.158 e. The van der Waals surface area contributed by atoms with Crippen LogP contribution in [-0.2, 0) is 0 Å². The fraction of sp³-hybridized carbons (Fsp3) is 0.0857. The lowest BCUT2D eigenvalue weighted by atomic mass is 9.95. The van der Waals surface area contributed by atoms with Gasteiger partial charge in [0.25, 0.3) is 0 Å². The summed E-state index contributed by atoms with van der Waals surface area (Å²) in [7, 11) is 0. The number of hydrogen-bond donors (Lipinski definition) is 0. The van der Waals surface area contributed by atoms with E-state index >= 15 is 0 Å². The number of para-hydroxylation sites is 2. The first-order chi connectivity index (χ1) is 37.1. The predicted molar refractivity (Wildman–Crippen MR) is 314 cm³/mol. The second-order valence-electron chi connectivity index (χ2n) is 20.2. The molecule has 0 aliphatic carbocycles. The van der Waals surface area contributed by atoms with E-state index in [0.29, 0.717) is 38.7 Å². The first kappa shape index (κ1) is 45.9. The van der Waals surface area contributed by atoms with Crippen molar-refractivity contribution in [2.24, 2.45) is 0 Å². The van der Waals surface area contributed by atoms with Gasteiger partial charge in [0.05, 0.1) is 16.9 Å². The van der Waals surface area contributed by atoms with Crippen molar-refractivity contribution in [3.05, 3.63) is 239 Å². The van der Waals surface area contributed by atoms with Gasteiger partial charge in [0.1, 0.15) is 28.9 Å². The molecule has 362 valence electrons. The van der Waals surface area contributed by atoms with Crippen LogP contribution in [-0.4, -0.2) is 0 Å². The molecule has 0 bridgehead atoms. The Morgan fingerprint density at radius 2 is 0.750 bits per heavy atom. The van der Waals surface area contributed by atoms with Gasteiger partial charge in [-0.15, -0.1) is 0 Å². The Labute approximate surface area is 441 Å². The highest BCUT2D eigenvalue weighted by Gasteiger charge is 2.27. The molecule has 6 heteroatoms. The van der Waals surface area contributed by atoms with E-state index in [0.717, 1.165) is 122 Å². The molecule has 0 atom stereocenters. The molecule has 0 spiro atoms. The van der Waals surface area contributed by atoms with Crippen molar-refractivity contribution in [1.29, 1.82) is 10.5 Å². The van der Waals surface area contributed by atoms with E-state index in [1.54, 1.807) is 0 Å². The zero-order valence-corrected chi connectivity index (χ0v) is 43.1. The molecule has 0 fully saturated rings. The maximum atomic E-state index is 11.2. The zero-order valence-electron chi connectivity index (χ0n) is 43.1. The van der Waals surface area contributed by atoms with Crippen molar-refractivity contribution in [2.45, 2.75) is 41.5 Å². The topological polar surface area (TPSA) is 80.3 Å². The summed E-state index contributed by atoms with van der Waals surface area (Å²) in [5, 5.41) is 28.8. The summed E-state index contributed by atoms with van der Waals surface area (Å²) in [5.41, 5.74) is 20.5. The predicted octanol–water partition coefficient (Wildman–Crippen LogP) is 19.7. The summed E-state index contributed by atoms with van der Waals surface area (Å²) >= 11 is 0. The number of rotatable bonds is 8. The number of fused-ring (bicyclic) bond motifs is 8. The van der Waals surface area contributed by atoms with Gasteiger partial charge >= 0.3 is 0 Å². The maximum absolute atomic E-state index is 11.2. The second kappa shape index (κ2) is 18.0. The summed E-state index contributed by atoms with van der Waals surface area (Å²) in [6, 6.07) is 73.5. The van der Waals surface area contributed by atoms with E-state index in [-0.39, 0.29) is 5.56 Å². The van der Waals surface area contributed by atoms with Gasteiger partial charge < -0.3 is 18.6 Å². The highest BCUT2D eigenvalue weighted by atomic mass is 16.3. The Balaban J connectivity index is 0.962. The average Bonchev–Trinajstić information content (AvgIpc) is 4.00. The Morgan fingerprint density at radius 3 is 1.14 bits per heavy atom. The summed E-state index contributed by atoms with van der Waals surface area (Å²) in [6.07, 6.45) is 0. The Bertz CT molecular complexity index is 4310. The Morgan fingerprint density at radius 1 is 0.342 bits per heavy atom. The SMILES string of the molecule is Cc1ccc(-c2ccccc2)cc1N(c1ccc2cc3c(cc2c1)oc1c(C#N)c2oc4cc5cc(N(c6cc(-c7ccccc7)ccc6C)c6c(C)cccc6C)ccc5cc4c2c(C#N)c13)c1c(C)cccc1C. The number of benzene rings is 11. The largest absolute Gasteiger partial charge is 0.454 e. The van der Waals surface area contributed by atoms with Crippen LogP contribution in [0.15, 0.2) is 203 Å². The highest BCUT2D eigenvalue weighted by Crippen LogP contribution is 2.48. The minimum absolute atomic E-state index is 0.260. The molecule has 0 radical (unpaired) electrons. The van der Waals surface area contributed by atoms with Gasteiger partial charge in [-0.25, -0.2) is 0 Å². The molecule has 2 aromatic heterocycles. The van der Waals surface area contributed by atoms with Crippen LogP contribution in [0.4, 0.5) is 34.1 Å². The summed E-state index contributed by atoms with van der Waals surface area (Å²) in [4.78, 5) is 4.74. The normalized spacial score (nSPS) is 11.5. The quantitative estimate of drug-likeness (QED) is 0.151. The third kappa shape index (κ3) is 7.37. The number of anilines is 6. The van der Waals surface area contributed by atoms with Gasteiger partial charge in [-0.3, -0.25) is 0 Å². The molecule has 6 nitrogen and oxygen atoms in total. The van der Waals surface area contributed by atoms with Crippen LogP contribution >= 0.6 is 0 Å². The second-order valence-corrected chi connectivity index (χ2v) is 20.2. The molecule has 0 N–H and O–H groups in total. The third-order valence-electron chi connectivity index (χ3n) is 15.4. The van der Waals surface area contributed by atoms with Crippen LogP contribution in [0, 0.1) is 64.2 Å². The van der Waals surface area contributed by atoms with Gasteiger partial charge in [-0.1, -0.05) is 133 Å². The number of hydrogen-bond acceptors (Lipinski definition) is 6. The highest BCUT2D eigenvalue weighted by molar-refractivity contribution is 6.24. The molecule has 11 aromatic carbocycles. The lowest BCUT2D eigenvalue weighted by Gasteiger charge is -2.30. The van der Waals surface area contributed by atoms with Crippen molar-refractivity contribution in [3.8, 4) is 34.4 Å². The molecule has 76 heavy (non-hydrogen) atoms. The molecule has 0 aliphatic heterocycles. The standard InChI is InChI=1S/C70H50N4O2/c1-41-23-25-51(47-19-9-7-10-20-47)35-61(41)73(67-43(3)15-13-16-44(67)4)55-29-27-49-33-57-63(37-53(49)31-55)75-69-60(40-72)70-66(59(39-71)65(57)69)58-34-50-28-30-56(32-54(50)38-64(58)76-70)74(68-45(5)17-14-18-46(68)6)62-36-52(26-24-42(62)2)48-21-11-8-12-22-48/h7-38H,1-6H3. The monoisotopic (exact) mass is 978 g/mol. The van der Waals surface area contributed by atoms with E-state index in [2.05, 4.69) is 233 Å². The van der Waals surface area contributed by atoms with Gasteiger partial charge in [-0.05, 0) is 179 Å². The first-order valence-electron chi connectivity index (χ1n) is 25.7. The Hall–Kier alpha value is -9.88. The van der Waals surface area contributed by atoms with Crippen LogP contribution in [0.5, 0.6) is 0 Å². The third-order valence-corrected chi connectivity index (χ3v) is 15.4. The van der Waals surface area contributed by atoms with Gasteiger partial charge in [-0.2, -0.15) is 10.5 Å². The van der Waals surface area contributed by atoms with Crippen molar-refractivity contribution in [2.75, 3.05) is 9.80 Å². The molecule has 0 aliphatic rings. The van der Waals surface area contributed by atoms with Gasteiger partial charge in [0.2, 0.25) is 0 Å². The summed E-state index contributed by atoms with van der Waals surface area (Å²) in [5.74, 6) is 0. The van der Waals surface area contributed by atoms with E-state index in [1.807, 2.05) is 24.3 Å². The molecule has 0 saturated carbocycles. The number of aryl methyl sites for hydroxylation is 6. The van der Waals surface area contributed by atoms with Crippen molar-refractivity contribution < 1.29 is 8.83 Å². The minimum Gasteiger partial charge on any atom is -0.454 e. The van der Waals surface area contributed by atoms with E-state index in [1.165, 1.54) is 0 Å². The molecular weight excluding hydrogens is 929 g/mol. The summed E-state index contributed by atoms with van der Waals surface area (Å²) < 4.78 is 13.5. The van der Waals surface area contributed by atoms with Crippen molar-refractivity contribution >= 4 is 99.5 Å². The molecule has 13 rings (SSSR count). The van der Waals surface area contributed by atoms with Gasteiger partial charge in [0.15, 0.2) is 11.2 Å². The fourth-order valence-corrected chi connectivity index (χ4v) is 11.6. The number of nitrogens with zero attached hydrogens (tertiary/aromatic N) is 4. The number of nitriles is 2. The van der Waals surface area contributed by atoms with E-state index < -0.39 is 0 Å². The first-order valence-corrected chi connectivity index (χ1v) is 25.7. The maximum Gasteiger partial charge on any atom is 0.158 e. The fourth-order valence-electron chi connectivity index (χ4n) is 11.6. The molecular formula is C70H50N4O2.